The summed E-state index contributed by atoms with van der Waals surface area (Å²) in [6.07, 6.45) is 0.753. The molecule has 0 aliphatic carbocycles. The van der Waals surface area contributed by atoms with Crippen molar-refractivity contribution in [2.75, 3.05) is 13.6 Å². The van der Waals surface area contributed by atoms with E-state index in [9.17, 15) is 0 Å². The first-order valence-corrected chi connectivity index (χ1v) is 7.41. The first kappa shape index (κ1) is 14.5. The number of hydrogen-bond acceptors (Lipinski definition) is 4. The molecule has 3 rings (SSSR count). The molecule has 2 aromatic carbocycles. The van der Waals surface area contributed by atoms with Gasteiger partial charge in [-0.05, 0) is 24.7 Å². The van der Waals surface area contributed by atoms with Crippen LogP contribution in [0.5, 0.6) is 0 Å². The normalized spacial score (nSPS) is 11.0. The van der Waals surface area contributed by atoms with Gasteiger partial charge in [0.2, 0.25) is 11.8 Å². The summed E-state index contributed by atoms with van der Waals surface area (Å²) < 4.78 is 5.72. The zero-order valence-electron chi connectivity index (χ0n) is 12.6. The second-order valence-corrected chi connectivity index (χ2v) is 5.34. The van der Waals surface area contributed by atoms with Crippen molar-refractivity contribution in [1.82, 2.24) is 15.1 Å². The fraction of sp³-hybridized carbons (Fsp3) is 0.222. The molecule has 0 saturated carbocycles. The van der Waals surface area contributed by atoms with Crippen LogP contribution in [0, 0.1) is 0 Å². The van der Waals surface area contributed by atoms with Crippen molar-refractivity contribution < 1.29 is 4.42 Å². The minimum Gasteiger partial charge on any atom is -0.421 e. The molecule has 0 bridgehead atoms. The molecular weight excluding hydrogens is 274 g/mol. The van der Waals surface area contributed by atoms with E-state index in [1.54, 1.807) is 0 Å². The highest BCUT2D eigenvalue weighted by Gasteiger charge is 2.09. The fourth-order valence-electron chi connectivity index (χ4n) is 2.31. The molecule has 4 nitrogen and oxygen atoms in total. The number of benzene rings is 2. The maximum atomic E-state index is 5.72. The van der Waals surface area contributed by atoms with E-state index in [1.165, 1.54) is 5.56 Å². The molecule has 112 valence electrons. The van der Waals surface area contributed by atoms with Crippen LogP contribution in [0.4, 0.5) is 0 Å². The van der Waals surface area contributed by atoms with Gasteiger partial charge in [0.1, 0.15) is 0 Å². The van der Waals surface area contributed by atoms with Gasteiger partial charge in [-0.15, -0.1) is 10.2 Å². The van der Waals surface area contributed by atoms with Crippen molar-refractivity contribution >= 4 is 0 Å². The summed E-state index contributed by atoms with van der Waals surface area (Å²) in [4.78, 5) is 2.25. The van der Waals surface area contributed by atoms with Crippen LogP contribution < -0.4 is 0 Å². The third-order valence-corrected chi connectivity index (χ3v) is 3.49. The van der Waals surface area contributed by atoms with Crippen LogP contribution in [0.2, 0.25) is 0 Å². The highest BCUT2D eigenvalue weighted by atomic mass is 16.4. The third-order valence-electron chi connectivity index (χ3n) is 3.49. The fourth-order valence-corrected chi connectivity index (χ4v) is 2.31. The van der Waals surface area contributed by atoms with Crippen LogP contribution in [0.15, 0.2) is 65.1 Å². The Balaban J connectivity index is 1.55. The molecule has 1 heterocycles. The predicted molar refractivity (Wildman–Crippen MR) is 86.2 cm³/mol. The lowest BCUT2D eigenvalue weighted by Crippen LogP contribution is -2.20. The largest absolute Gasteiger partial charge is 0.421 e. The maximum Gasteiger partial charge on any atom is 0.247 e. The second-order valence-electron chi connectivity index (χ2n) is 5.34. The standard InChI is InChI=1S/C18H19N3O/c1-21(14-15-8-4-2-5-9-15)13-12-17-19-20-18(22-17)16-10-6-3-7-11-16/h2-11H,12-14H2,1H3. The van der Waals surface area contributed by atoms with Gasteiger partial charge in [-0.2, -0.15) is 0 Å². The van der Waals surface area contributed by atoms with Gasteiger partial charge >= 0.3 is 0 Å². The summed E-state index contributed by atoms with van der Waals surface area (Å²) in [6, 6.07) is 20.3. The summed E-state index contributed by atoms with van der Waals surface area (Å²) >= 11 is 0. The monoisotopic (exact) mass is 293 g/mol. The van der Waals surface area contributed by atoms with Gasteiger partial charge in [0.15, 0.2) is 0 Å². The van der Waals surface area contributed by atoms with E-state index in [4.69, 9.17) is 4.42 Å². The first-order valence-electron chi connectivity index (χ1n) is 7.41. The molecular formula is C18H19N3O. The van der Waals surface area contributed by atoms with E-state index in [2.05, 4.69) is 46.4 Å². The topological polar surface area (TPSA) is 42.2 Å². The van der Waals surface area contributed by atoms with Gasteiger partial charge in [-0.3, -0.25) is 0 Å². The smallest absolute Gasteiger partial charge is 0.247 e. The number of likely N-dealkylation sites (N-methyl/N-ethyl adjacent to an activating group) is 1. The van der Waals surface area contributed by atoms with Crippen molar-refractivity contribution in [2.45, 2.75) is 13.0 Å². The van der Waals surface area contributed by atoms with Crippen molar-refractivity contribution in [1.29, 1.82) is 0 Å². The van der Waals surface area contributed by atoms with E-state index >= 15 is 0 Å². The van der Waals surface area contributed by atoms with Crippen LogP contribution in [0.3, 0.4) is 0 Å². The Kier molecular flexibility index (Phi) is 4.61. The van der Waals surface area contributed by atoms with Gasteiger partial charge in [-0.25, -0.2) is 0 Å². The van der Waals surface area contributed by atoms with Crippen molar-refractivity contribution in [3.8, 4) is 11.5 Å². The summed E-state index contributed by atoms with van der Waals surface area (Å²) in [5.74, 6) is 1.26. The second kappa shape index (κ2) is 7.00. The summed E-state index contributed by atoms with van der Waals surface area (Å²) in [5.41, 5.74) is 2.26. The van der Waals surface area contributed by atoms with Crippen LogP contribution in [-0.4, -0.2) is 28.7 Å². The number of rotatable bonds is 6. The quantitative estimate of drug-likeness (QED) is 0.698. The zero-order valence-corrected chi connectivity index (χ0v) is 12.6. The van der Waals surface area contributed by atoms with Crippen LogP contribution in [-0.2, 0) is 13.0 Å². The Morgan fingerprint density at radius 2 is 1.59 bits per heavy atom. The molecule has 0 spiro atoms. The van der Waals surface area contributed by atoms with Crippen LogP contribution >= 0.6 is 0 Å². The average molecular weight is 293 g/mol. The van der Waals surface area contributed by atoms with E-state index in [1.807, 2.05) is 36.4 Å². The summed E-state index contributed by atoms with van der Waals surface area (Å²) in [6.45, 7) is 1.80. The Morgan fingerprint density at radius 3 is 2.32 bits per heavy atom. The van der Waals surface area contributed by atoms with Gasteiger partial charge < -0.3 is 9.32 Å². The minimum atomic E-state index is 0.585. The molecule has 0 aliphatic heterocycles. The predicted octanol–water partition coefficient (Wildman–Crippen LogP) is 3.41. The van der Waals surface area contributed by atoms with Crippen LogP contribution in [0.1, 0.15) is 11.5 Å². The lowest BCUT2D eigenvalue weighted by atomic mass is 10.2. The van der Waals surface area contributed by atoms with Gasteiger partial charge in [-0.1, -0.05) is 48.5 Å². The number of nitrogens with zero attached hydrogens (tertiary/aromatic N) is 3. The Hall–Kier alpha value is -2.46. The molecule has 0 N–H and O–H groups in total. The van der Waals surface area contributed by atoms with Gasteiger partial charge in [0.25, 0.3) is 0 Å². The Labute approximate surface area is 130 Å². The highest BCUT2D eigenvalue weighted by Crippen LogP contribution is 2.17. The Morgan fingerprint density at radius 1 is 0.909 bits per heavy atom. The average Bonchev–Trinajstić information content (AvgIpc) is 3.04. The molecule has 1 aromatic heterocycles. The first-order chi connectivity index (χ1) is 10.8. The van der Waals surface area contributed by atoms with E-state index in [0.717, 1.165) is 25.1 Å². The van der Waals surface area contributed by atoms with E-state index in [-0.39, 0.29) is 0 Å². The zero-order chi connectivity index (χ0) is 15.2. The van der Waals surface area contributed by atoms with E-state index in [0.29, 0.717) is 11.8 Å². The Bertz CT molecular complexity index is 695. The molecule has 0 aliphatic rings. The molecule has 4 heteroatoms. The molecule has 0 unspecified atom stereocenters. The molecule has 0 atom stereocenters. The van der Waals surface area contributed by atoms with E-state index < -0.39 is 0 Å². The molecule has 0 amide bonds. The molecule has 0 saturated heterocycles. The minimum absolute atomic E-state index is 0.585. The molecule has 0 radical (unpaired) electrons. The highest BCUT2D eigenvalue weighted by molar-refractivity contribution is 5.51. The van der Waals surface area contributed by atoms with Crippen molar-refractivity contribution in [2.24, 2.45) is 0 Å². The van der Waals surface area contributed by atoms with Crippen molar-refractivity contribution in [3.05, 3.63) is 72.1 Å². The molecule has 0 fully saturated rings. The lowest BCUT2D eigenvalue weighted by Gasteiger charge is -2.15. The number of aromatic nitrogens is 2. The van der Waals surface area contributed by atoms with Crippen molar-refractivity contribution in [3.63, 3.8) is 0 Å². The lowest BCUT2D eigenvalue weighted by molar-refractivity contribution is 0.318. The SMILES string of the molecule is CN(CCc1nnc(-c2ccccc2)o1)Cc1ccccc1. The van der Waals surface area contributed by atoms with Crippen LogP contribution in [0.25, 0.3) is 11.5 Å². The third kappa shape index (κ3) is 3.80. The summed E-state index contributed by atoms with van der Waals surface area (Å²) in [5, 5.41) is 8.24. The maximum absolute atomic E-state index is 5.72. The number of hydrogen-bond donors (Lipinski definition) is 0. The molecule has 22 heavy (non-hydrogen) atoms. The van der Waals surface area contributed by atoms with Gasteiger partial charge in [0.05, 0.1) is 0 Å². The summed E-state index contributed by atoms with van der Waals surface area (Å²) in [7, 11) is 2.10. The molecule has 3 aromatic rings. The van der Waals surface area contributed by atoms with Gasteiger partial charge in [0, 0.05) is 25.1 Å².